The van der Waals surface area contributed by atoms with Gasteiger partial charge in [-0.2, -0.15) is 0 Å². The fourth-order valence-corrected chi connectivity index (χ4v) is 3.41. The number of hydrogen-bond donors (Lipinski definition) is 2. The van der Waals surface area contributed by atoms with Crippen molar-refractivity contribution in [2.45, 2.75) is 39.0 Å². The third-order valence-corrected chi connectivity index (χ3v) is 5.12. The van der Waals surface area contributed by atoms with Crippen molar-refractivity contribution in [3.8, 4) is 0 Å². The van der Waals surface area contributed by atoms with Crippen molar-refractivity contribution >= 4 is 5.96 Å². The minimum atomic E-state index is 0.599. The van der Waals surface area contributed by atoms with Crippen LogP contribution in [-0.2, 0) is 9.47 Å². The van der Waals surface area contributed by atoms with E-state index in [1.807, 2.05) is 0 Å². The molecule has 1 unspecified atom stereocenters. The molecule has 0 aromatic heterocycles. The first-order valence-electron chi connectivity index (χ1n) is 10.1. The number of hydrogen-bond acceptors (Lipinski definition) is 4. The summed E-state index contributed by atoms with van der Waals surface area (Å²) in [5.74, 6) is 2.40. The number of nitrogens with one attached hydrogen (secondary N) is 2. The van der Waals surface area contributed by atoms with E-state index in [0.717, 1.165) is 70.8 Å². The van der Waals surface area contributed by atoms with E-state index in [2.05, 4.69) is 34.5 Å². The summed E-state index contributed by atoms with van der Waals surface area (Å²) in [6.45, 7) is 10.7. The predicted molar refractivity (Wildman–Crippen MR) is 103 cm³/mol. The minimum absolute atomic E-state index is 0.599. The topological polar surface area (TPSA) is 58.1 Å². The molecule has 0 aromatic rings. The largest absolute Gasteiger partial charge is 0.381 e. The molecule has 146 valence electrons. The van der Waals surface area contributed by atoms with Gasteiger partial charge in [0.25, 0.3) is 0 Å². The molecule has 0 saturated carbocycles. The fraction of sp³-hybridized carbons (Fsp3) is 0.947. The molecule has 2 saturated heterocycles. The first-order chi connectivity index (χ1) is 12.3. The molecule has 6 nitrogen and oxygen atoms in total. The van der Waals surface area contributed by atoms with Crippen LogP contribution in [0.25, 0.3) is 0 Å². The Balaban J connectivity index is 1.52. The highest BCUT2D eigenvalue weighted by Gasteiger charge is 2.16. The van der Waals surface area contributed by atoms with Gasteiger partial charge in [0.05, 0.1) is 13.2 Å². The molecule has 2 rings (SSSR count). The van der Waals surface area contributed by atoms with Gasteiger partial charge in [-0.3, -0.25) is 4.99 Å². The van der Waals surface area contributed by atoms with Gasteiger partial charge < -0.3 is 25.0 Å². The first-order valence-corrected chi connectivity index (χ1v) is 10.1. The van der Waals surface area contributed by atoms with Crippen molar-refractivity contribution in [2.75, 3.05) is 66.2 Å². The van der Waals surface area contributed by atoms with Crippen molar-refractivity contribution in [3.63, 3.8) is 0 Å². The van der Waals surface area contributed by atoms with E-state index in [1.165, 1.54) is 32.4 Å². The lowest BCUT2D eigenvalue weighted by molar-refractivity contribution is 0.0893. The summed E-state index contributed by atoms with van der Waals surface area (Å²) in [5, 5.41) is 6.82. The van der Waals surface area contributed by atoms with Gasteiger partial charge in [-0.25, -0.2) is 0 Å². The van der Waals surface area contributed by atoms with Crippen LogP contribution in [0.4, 0.5) is 0 Å². The lowest BCUT2D eigenvalue weighted by atomic mass is 9.94. The molecule has 0 spiro atoms. The van der Waals surface area contributed by atoms with Gasteiger partial charge in [-0.05, 0) is 65.1 Å². The normalized spacial score (nSPS) is 23.1. The first kappa shape index (κ1) is 20.5. The Labute approximate surface area is 153 Å². The average molecular weight is 355 g/mol. The molecule has 1 atom stereocenters. The Morgan fingerprint density at radius 2 is 2.04 bits per heavy atom. The second-order valence-electron chi connectivity index (χ2n) is 7.38. The Morgan fingerprint density at radius 3 is 2.76 bits per heavy atom. The number of piperidine rings is 1. The van der Waals surface area contributed by atoms with E-state index in [-0.39, 0.29) is 0 Å². The lowest BCUT2D eigenvalue weighted by Crippen LogP contribution is -2.39. The lowest BCUT2D eigenvalue weighted by Gasteiger charge is -2.29. The summed E-state index contributed by atoms with van der Waals surface area (Å²) in [7, 11) is 2.22. The van der Waals surface area contributed by atoms with Crippen molar-refractivity contribution in [3.05, 3.63) is 0 Å². The van der Waals surface area contributed by atoms with E-state index in [1.54, 1.807) is 0 Å². The van der Waals surface area contributed by atoms with Crippen LogP contribution in [0.1, 0.15) is 39.0 Å². The van der Waals surface area contributed by atoms with Gasteiger partial charge in [0.15, 0.2) is 5.96 Å². The molecule has 2 fully saturated rings. The smallest absolute Gasteiger partial charge is 0.191 e. The van der Waals surface area contributed by atoms with E-state index in [9.17, 15) is 0 Å². The molecule has 0 radical (unpaired) electrons. The second kappa shape index (κ2) is 12.5. The maximum atomic E-state index is 5.73. The fourth-order valence-electron chi connectivity index (χ4n) is 3.41. The third kappa shape index (κ3) is 8.88. The van der Waals surface area contributed by atoms with Crippen LogP contribution in [0.15, 0.2) is 4.99 Å². The molecule has 2 aliphatic heterocycles. The maximum absolute atomic E-state index is 5.73. The summed E-state index contributed by atoms with van der Waals surface area (Å²) in [5.41, 5.74) is 0. The Bertz CT molecular complexity index is 364. The van der Waals surface area contributed by atoms with Crippen LogP contribution in [0.3, 0.4) is 0 Å². The summed E-state index contributed by atoms with van der Waals surface area (Å²) in [6, 6.07) is 0. The standard InChI is InChI=1S/C19H38N4O2/c1-3-20-19(22-10-5-17-6-11-23(2)12-7-17)21-9-4-13-24-15-18-8-14-25-16-18/h17-18H,3-16H2,1-2H3,(H2,20,21,22). The highest BCUT2D eigenvalue weighted by Crippen LogP contribution is 2.18. The summed E-state index contributed by atoms with van der Waals surface area (Å²) >= 11 is 0. The zero-order chi connectivity index (χ0) is 17.7. The quantitative estimate of drug-likeness (QED) is 0.355. The molecule has 0 aliphatic carbocycles. The van der Waals surface area contributed by atoms with E-state index in [4.69, 9.17) is 9.47 Å². The molecule has 0 aromatic carbocycles. The minimum Gasteiger partial charge on any atom is -0.381 e. The monoisotopic (exact) mass is 354 g/mol. The van der Waals surface area contributed by atoms with Crippen LogP contribution in [0.5, 0.6) is 0 Å². The van der Waals surface area contributed by atoms with Crippen molar-refractivity contribution < 1.29 is 9.47 Å². The van der Waals surface area contributed by atoms with Crippen LogP contribution >= 0.6 is 0 Å². The number of guanidine groups is 1. The average Bonchev–Trinajstić information content (AvgIpc) is 3.13. The van der Waals surface area contributed by atoms with Gasteiger partial charge in [0, 0.05) is 38.8 Å². The van der Waals surface area contributed by atoms with Gasteiger partial charge in [0.1, 0.15) is 0 Å². The molecule has 2 aliphatic rings. The van der Waals surface area contributed by atoms with Crippen molar-refractivity contribution in [1.82, 2.24) is 15.5 Å². The molecule has 0 bridgehead atoms. The Hall–Kier alpha value is -0.850. The zero-order valence-corrected chi connectivity index (χ0v) is 16.3. The second-order valence-corrected chi connectivity index (χ2v) is 7.38. The predicted octanol–water partition coefficient (Wildman–Crippen LogP) is 1.72. The van der Waals surface area contributed by atoms with E-state index < -0.39 is 0 Å². The number of nitrogens with zero attached hydrogens (tertiary/aromatic N) is 2. The van der Waals surface area contributed by atoms with Crippen LogP contribution < -0.4 is 10.6 Å². The van der Waals surface area contributed by atoms with Crippen LogP contribution in [0.2, 0.25) is 0 Å². The molecule has 6 heteroatoms. The molecule has 25 heavy (non-hydrogen) atoms. The van der Waals surface area contributed by atoms with Gasteiger partial charge in [0.2, 0.25) is 0 Å². The third-order valence-electron chi connectivity index (χ3n) is 5.12. The highest BCUT2D eigenvalue weighted by atomic mass is 16.5. The van der Waals surface area contributed by atoms with E-state index in [0.29, 0.717) is 5.92 Å². The molecule has 0 amide bonds. The molecule has 2 heterocycles. The number of aliphatic imine (C=N–C) groups is 1. The summed E-state index contributed by atoms with van der Waals surface area (Å²) < 4.78 is 11.1. The van der Waals surface area contributed by atoms with Crippen LogP contribution in [0, 0.1) is 11.8 Å². The number of likely N-dealkylation sites (tertiary alicyclic amines) is 1. The van der Waals surface area contributed by atoms with Crippen LogP contribution in [-0.4, -0.2) is 77.1 Å². The van der Waals surface area contributed by atoms with Gasteiger partial charge in [-0.15, -0.1) is 0 Å². The van der Waals surface area contributed by atoms with Gasteiger partial charge >= 0.3 is 0 Å². The Morgan fingerprint density at radius 1 is 1.20 bits per heavy atom. The van der Waals surface area contributed by atoms with Gasteiger partial charge in [-0.1, -0.05) is 0 Å². The van der Waals surface area contributed by atoms with E-state index >= 15 is 0 Å². The Kier molecular flexibility index (Phi) is 10.2. The summed E-state index contributed by atoms with van der Waals surface area (Å²) in [6.07, 6.45) is 6.01. The summed E-state index contributed by atoms with van der Waals surface area (Å²) in [4.78, 5) is 7.09. The molecule has 2 N–H and O–H groups in total. The number of ether oxygens (including phenoxy) is 2. The number of rotatable bonds is 10. The van der Waals surface area contributed by atoms with Crippen molar-refractivity contribution in [2.24, 2.45) is 16.8 Å². The van der Waals surface area contributed by atoms with Crippen molar-refractivity contribution in [1.29, 1.82) is 0 Å². The SMILES string of the molecule is CCNC(=NCCCOCC1CCOC1)NCCC1CCN(C)CC1. The molecular formula is C19H38N4O2. The molecular weight excluding hydrogens is 316 g/mol. The highest BCUT2D eigenvalue weighted by molar-refractivity contribution is 5.79. The maximum Gasteiger partial charge on any atom is 0.191 e. The zero-order valence-electron chi connectivity index (χ0n) is 16.3.